The summed E-state index contributed by atoms with van der Waals surface area (Å²) in [6, 6.07) is 4.15. The molecular formula is C24H26N2O3S3. The van der Waals surface area contributed by atoms with Gasteiger partial charge in [-0.2, -0.15) is 0 Å². The number of benzene rings is 1. The fraction of sp³-hybridized carbons (Fsp3) is 0.500. The molecule has 0 N–H and O–H groups in total. The lowest BCUT2D eigenvalue weighted by atomic mass is 9.81. The zero-order valence-electron chi connectivity index (χ0n) is 18.7. The predicted octanol–water partition coefficient (Wildman–Crippen LogP) is 5.58. The summed E-state index contributed by atoms with van der Waals surface area (Å²) in [6.45, 7) is 7.93. The lowest BCUT2D eigenvalue weighted by Crippen LogP contribution is -2.52. The molecule has 0 bridgehead atoms. The third-order valence-electron chi connectivity index (χ3n) is 7.34. The number of imide groups is 1. The van der Waals surface area contributed by atoms with Crippen LogP contribution in [0.15, 0.2) is 12.1 Å². The molecule has 3 heterocycles. The molecular weight excluding hydrogens is 460 g/mol. The SMILES string of the molecule is Cc1cc2c(cc1C)N(C(=O)CN1C(=O)[C@H]3CCCC[C@H]3C1=O)C(C)(C)c1ssc(=S)c1-2. The van der Waals surface area contributed by atoms with Crippen molar-refractivity contribution in [3.63, 3.8) is 0 Å². The van der Waals surface area contributed by atoms with E-state index in [0.29, 0.717) is 0 Å². The molecule has 1 aliphatic carbocycles. The lowest BCUT2D eigenvalue weighted by molar-refractivity contribution is -0.143. The molecule has 2 fully saturated rings. The quantitative estimate of drug-likeness (QED) is 0.316. The molecule has 1 saturated carbocycles. The average Bonchev–Trinajstić information content (AvgIpc) is 3.25. The summed E-state index contributed by atoms with van der Waals surface area (Å²) in [4.78, 5) is 43.9. The van der Waals surface area contributed by atoms with Crippen molar-refractivity contribution in [3.05, 3.63) is 32.0 Å². The van der Waals surface area contributed by atoms with Gasteiger partial charge in [-0.25, -0.2) is 0 Å². The fourth-order valence-electron chi connectivity index (χ4n) is 5.52. The molecule has 5 rings (SSSR count). The largest absolute Gasteiger partial charge is 0.300 e. The Bertz CT molecular complexity index is 1200. The lowest BCUT2D eigenvalue weighted by Gasteiger charge is -2.43. The second-order valence-corrected chi connectivity index (χ2v) is 12.5. The molecule has 2 atom stereocenters. The van der Waals surface area contributed by atoms with Crippen LogP contribution in [0, 0.1) is 29.5 Å². The number of amides is 3. The molecule has 32 heavy (non-hydrogen) atoms. The molecule has 0 radical (unpaired) electrons. The summed E-state index contributed by atoms with van der Waals surface area (Å²) in [6.07, 6.45) is 3.44. The second-order valence-electron chi connectivity index (χ2n) is 9.66. The van der Waals surface area contributed by atoms with Crippen molar-refractivity contribution in [2.24, 2.45) is 11.8 Å². The standard InChI is InChI=1S/C24H26N2O3S3/c1-12-9-16-17(10-13(12)2)26(24(3,4)20-19(16)23(30)32-31-20)18(27)11-25-21(28)14-7-5-6-8-15(14)22(25)29/h9-10,14-15H,5-8,11H2,1-4H3/t14-,15+. The molecule has 0 spiro atoms. The van der Waals surface area contributed by atoms with Crippen molar-refractivity contribution in [3.8, 4) is 11.1 Å². The van der Waals surface area contributed by atoms with E-state index in [1.54, 1.807) is 25.6 Å². The number of nitrogens with zero attached hydrogens (tertiary/aromatic N) is 2. The van der Waals surface area contributed by atoms with Crippen LogP contribution in [-0.2, 0) is 19.9 Å². The van der Waals surface area contributed by atoms with Gasteiger partial charge in [-0.15, -0.1) is 0 Å². The summed E-state index contributed by atoms with van der Waals surface area (Å²) in [5.41, 5.74) is 4.42. The highest BCUT2D eigenvalue weighted by atomic mass is 32.9. The average molecular weight is 487 g/mol. The molecule has 168 valence electrons. The first-order chi connectivity index (χ1) is 15.1. The first kappa shape index (κ1) is 21.9. The van der Waals surface area contributed by atoms with Crippen molar-refractivity contribution in [2.75, 3.05) is 11.4 Å². The molecule has 2 aliphatic heterocycles. The van der Waals surface area contributed by atoms with E-state index in [2.05, 4.69) is 13.0 Å². The summed E-state index contributed by atoms with van der Waals surface area (Å²) in [5.74, 6) is -1.06. The van der Waals surface area contributed by atoms with Crippen LogP contribution in [0.2, 0.25) is 0 Å². The number of fused-ring (bicyclic) bond motifs is 4. The zero-order chi connectivity index (χ0) is 22.9. The van der Waals surface area contributed by atoms with E-state index < -0.39 is 5.54 Å². The number of hydrogen-bond acceptors (Lipinski definition) is 6. The summed E-state index contributed by atoms with van der Waals surface area (Å²) < 4.78 is 0.837. The molecule has 8 heteroatoms. The van der Waals surface area contributed by atoms with E-state index >= 15 is 0 Å². The molecule has 3 aliphatic rings. The van der Waals surface area contributed by atoms with E-state index in [9.17, 15) is 14.4 Å². The number of hydrogen-bond donors (Lipinski definition) is 0. The van der Waals surface area contributed by atoms with Crippen LogP contribution in [0.25, 0.3) is 11.1 Å². The Labute approximate surface area is 200 Å². The van der Waals surface area contributed by atoms with Crippen LogP contribution in [-0.4, -0.2) is 29.2 Å². The molecule has 0 unspecified atom stereocenters. The van der Waals surface area contributed by atoms with E-state index in [1.165, 1.54) is 4.90 Å². The molecule has 1 aromatic carbocycles. The van der Waals surface area contributed by atoms with Crippen LogP contribution in [0.4, 0.5) is 5.69 Å². The summed E-state index contributed by atoms with van der Waals surface area (Å²) in [5, 5.41) is 0. The Hall–Kier alpha value is -1.90. The topological polar surface area (TPSA) is 57.7 Å². The number of carbonyl (C=O) groups excluding carboxylic acids is 3. The van der Waals surface area contributed by atoms with Gasteiger partial charge >= 0.3 is 0 Å². The number of anilines is 1. The number of likely N-dealkylation sites (tertiary alicyclic amines) is 1. The monoisotopic (exact) mass is 486 g/mol. The van der Waals surface area contributed by atoms with Crippen molar-refractivity contribution in [1.29, 1.82) is 0 Å². The van der Waals surface area contributed by atoms with Crippen LogP contribution in [0.5, 0.6) is 0 Å². The number of aryl methyl sites for hydroxylation is 2. The molecule has 5 nitrogen and oxygen atoms in total. The van der Waals surface area contributed by atoms with Crippen LogP contribution in [0.1, 0.15) is 55.5 Å². The maximum absolute atomic E-state index is 13.8. The maximum Gasteiger partial charge on any atom is 0.247 e. The Morgan fingerprint density at radius 3 is 2.28 bits per heavy atom. The molecule has 1 saturated heterocycles. The first-order valence-corrected chi connectivity index (χ1v) is 13.6. The van der Waals surface area contributed by atoms with Gasteiger partial charge in [0.15, 0.2) is 0 Å². The van der Waals surface area contributed by atoms with Gasteiger partial charge in [0.1, 0.15) is 10.4 Å². The third-order valence-corrected chi connectivity index (χ3v) is 10.7. The highest BCUT2D eigenvalue weighted by molar-refractivity contribution is 7.80. The Morgan fingerprint density at radius 1 is 1.06 bits per heavy atom. The molecule has 2 aromatic rings. The zero-order valence-corrected chi connectivity index (χ0v) is 21.1. The van der Waals surface area contributed by atoms with Gasteiger partial charge in [0.2, 0.25) is 17.7 Å². The Balaban J connectivity index is 1.57. The fourth-order valence-corrected chi connectivity index (χ4v) is 8.80. The third kappa shape index (κ3) is 3.06. The molecule has 1 aromatic heterocycles. The van der Waals surface area contributed by atoms with E-state index in [1.807, 2.05) is 26.8 Å². The van der Waals surface area contributed by atoms with Crippen LogP contribution in [0.3, 0.4) is 0 Å². The van der Waals surface area contributed by atoms with Gasteiger partial charge in [-0.1, -0.05) is 45.7 Å². The van der Waals surface area contributed by atoms with E-state index in [0.717, 1.165) is 62.3 Å². The van der Waals surface area contributed by atoms with Gasteiger partial charge in [0.05, 0.1) is 27.9 Å². The van der Waals surface area contributed by atoms with Crippen LogP contribution >= 0.6 is 32.9 Å². The minimum Gasteiger partial charge on any atom is -0.300 e. The smallest absolute Gasteiger partial charge is 0.247 e. The van der Waals surface area contributed by atoms with E-state index in [-0.39, 0.29) is 36.1 Å². The first-order valence-electron chi connectivity index (χ1n) is 11.1. The van der Waals surface area contributed by atoms with Gasteiger partial charge in [0.25, 0.3) is 0 Å². The van der Waals surface area contributed by atoms with Gasteiger partial charge in [-0.05, 0) is 63.8 Å². The number of rotatable bonds is 2. The highest BCUT2D eigenvalue weighted by Crippen LogP contribution is 2.52. The van der Waals surface area contributed by atoms with Crippen molar-refractivity contribution in [1.82, 2.24) is 4.90 Å². The van der Waals surface area contributed by atoms with Gasteiger partial charge in [0, 0.05) is 11.1 Å². The minimum absolute atomic E-state index is 0.171. The summed E-state index contributed by atoms with van der Waals surface area (Å²) >= 11 is 5.66. The highest BCUT2D eigenvalue weighted by Gasteiger charge is 2.50. The normalized spacial score (nSPS) is 23.8. The van der Waals surface area contributed by atoms with E-state index in [4.69, 9.17) is 12.2 Å². The van der Waals surface area contributed by atoms with Gasteiger partial charge < -0.3 is 0 Å². The Morgan fingerprint density at radius 2 is 1.66 bits per heavy atom. The minimum atomic E-state index is -0.627. The molecule has 3 amide bonds. The number of carbonyl (C=O) groups is 3. The second kappa shape index (κ2) is 7.57. The Kier molecular flexibility index (Phi) is 5.18. The van der Waals surface area contributed by atoms with Gasteiger partial charge in [-0.3, -0.25) is 24.2 Å². The van der Waals surface area contributed by atoms with Crippen molar-refractivity contribution in [2.45, 2.75) is 58.9 Å². The summed E-state index contributed by atoms with van der Waals surface area (Å²) in [7, 11) is 3.17. The predicted molar refractivity (Wildman–Crippen MR) is 131 cm³/mol. The maximum atomic E-state index is 13.8. The van der Waals surface area contributed by atoms with Crippen molar-refractivity contribution >= 4 is 56.3 Å². The van der Waals surface area contributed by atoms with Crippen LogP contribution < -0.4 is 4.90 Å². The van der Waals surface area contributed by atoms with Crippen molar-refractivity contribution < 1.29 is 14.4 Å².